The second-order valence-corrected chi connectivity index (χ2v) is 6.80. The molecule has 2 heterocycles. The number of aryl methyl sites for hydroxylation is 1. The van der Waals surface area contributed by atoms with Gasteiger partial charge in [-0.2, -0.15) is 10.1 Å². The van der Waals surface area contributed by atoms with Crippen molar-refractivity contribution in [2.75, 3.05) is 11.9 Å². The molecule has 0 aliphatic carbocycles. The molecule has 0 atom stereocenters. The molecule has 0 saturated carbocycles. The van der Waals surface area contributed by atoms with Gasteiger partial charge in [0.15, 0.2) is 11.0 Å². The van der Waals surface area contributed by atoms with E-state index in [2.05, 4.69) is 32.4 Å². The number of H-pyrrole nitrogens is 1. The summed E-state index contributed by atoms with van der Waals surface area (Å²) in [4.78, 5) is 9.99. The third-order valence-corrected chi connectivity index (χ3v) is 4.33. The van der Waals surface area contributed by atoms with Crippen molar-refractivity contribution in [1.82, 2.24) is 20.2 Å². The SMILES string of the molecule is CCCCOc1cc(Nc2cc(C)[nH]n2)nc(Sc2ccc([NH-])cc2)n1.[Ac]. The van der Waals surface area contributed by atoms with Gasteiger partial charge in [-0.05, 0) is 37.2 Å². The normalized spacial score (nSPS) is 10.3. The van der Waals surface area contributed by atoms with Crippen LogP contribution in [-0.4, -0.2) is 26.8 Å². The van der Waals surface area contributed by atoms with Crippen LogP contribution in [0.3, 0.4) is 0 Å². The minimum atomic E-state index is 0. The van der Waals surface area contributed by atoms with Crippen molar-refractivity contribution < 1.29 is 48.8 Å². The standard InChI is InChI=1S/C18H21N6OS.Ac/c1-3-4-9-25-17-11-15(20-16-10-12(2)23-24-16)21-18(22-17)26-14-7-5-13(19)6-8-14;/h5-8,10-11,19H,3-4,9H2,1-2H3,(H2,20,21,22,23,24);/q-1;. The number of aromatic amines is 1. The first-order chi connectivity index (χ1) is 12.6. The van der Waals surface area contributed by atoms with Gasteiger partial charge in [-0.15, -0.1) is 5.69 Å². The van der Waals surface area contributed by atoms with Crippen LogP contribution in [-0.2, 0) is 0 Å². The van der Waals surface area contributed by atoms with E-state index < -0.39 is 0 Å². The first-order valence-corrected chi connectivity index (χ1v) is 9.24. The van der Waals surface area contributed by atoms with Gasteiger partial charge in [0.25, 0.3) is 0 Å². The molecule has 7 nitrogen and oxygen atoms in total. The van der Waals surface area contributed by atoms with Crippen LogP contribution in [0.5, 0.6) is 5.88 Å². The summed E-state index contributed by atoms with van der Waals surface area (Å²) in [5.74, 6) is 1.84. The zero-order valence-corrected chi connectivity index (χ0v) is 20.9. The number of rotatable bonds is 8. The maximum absolute atomic E-state index is 7.58. The van der Waals surface area contributed by atoms with Gasteiger partial charge in [0, 0.05) is 66.8 Å². The van der Waals surface area contributed by atoms with E-state index in [-0.39, 0.29) is 44.1 Å². The third kappa shape index (κ3) is 6.98. The van der Waals surface area contributed by atoms with Crippen molar-refractivity contribution in [3.05, 3.63) is 47.8 Å². The van der Waals surface area contributed by atoms with Crippen molar-refractivity contribution in [3.63, 3.8) is 0 Å². The number of hydrogen-bond donors (Lipinski definition) is 2. The van der Waals surface area contributed by atoms with E-state index in [9.17, 15) is 0 Å². The average molecular weight is 596 g/mol. The fourth-order valence-electron chi connectivity index (χ4n) is 2.15. The minimum Gasteiger partial charge on any atom is -0.699 e. The number of aromatic nitrogens is 4. The second-order valence-electron chi connectivity index (χ2n) is 5.76. The summed E-state index contributed by atoms with van der Waals surface area (Å²) in [6.07, 6.45) is 2.03. The molecule has 0 spiro atoms. The summed E-state index contributed by atoms with van der Waals surface area (Å²) in [6, 6.07) is 10.9. The number of benzene rings is 1. The van der Waals surface area contributed by atoms with Crippen LogP contribution in [0.15, 0.2) is 46.5 Å². The molecule has 0 aliphatic heterocycles. The fraction of sp³-hybridized carbons (Fsp3) is 0.278. The molecule has 3 rings (SSSR count). The Morgan fingerprint density at radius 2 is 1.93 bits per heavy atom. The number of nitrogens with zero attached hydrogens (tertiary/aromatic N) is 3. The molecule has 0 fully saturated rings. The fourth-order valence-corrected chi connectivity index (χ4v) is 2.91. The number of unbranched alkanes of at least 4 members (excludes halogenated alkanes) is 1. The van der Waals surface area contributed by atoms with Crippen LogP contribution in [0, 0.1) is 51.0 Å². The first kappa shape index (κ1) is 22.0. The molecule has 0 aliphatic rings. The zero-order valence-electron chi connectivity index (χ0n) is 15.3. The molecular formula is C18H21AcN6OS-. The van der Waals surface area contributed by atoms with E-state index in [0.29, 0.717) is 35.0 Å². The van der Waals surface area contributed by atoms with Crippen LogP contribution >= 0.6 is 11.8 Å². The number of nitrogens with one attached hydrogen (secondary N) is 3. The Hall–Kier alpha value is -1.30. The van der Waals surface area contributed by atoms with Crippen molar-refractivity contribution in [1.29, 1.82) is 0 Å². The summed E-state index contributed by atoms with van der Waals surface area (Å²) in [5.41, 5.74) is 9.02. The number of ether oxygens (including phenoxy) is 1. The van der Waals surface area contributed by atoms with Crippen LogP contribution in [0.2, 0.25) is 0 Å². The monoisotopic (exact) mass is 596 g/mol. The molecule has 1 aromatic carbocycles. The van der Waals surface area contributed by atoms with Crippen LogP contribution < -0.4 is 10.1 Å². The Morgan fingerprint density at radius 1 is 1.15 bits per heavy atom. The van der Waals surface area contributed by atoms with E-state index in [4.69, 9.17) is 10.5 Å². The largest absolute Gasteiger partial charge is 0.699 e. The quantitative estimate of drug-likeness (QED) is 0.272. The molecule has 0 bridgehead atoms. The van der Waals surface area contributed by atoms with Crippen LogP contribution in [0.1, 0.15) is 25.5 Å². The van der Waals surface area contributed by atoms with E-state index in [1.807, 2.05) is 25.1 Å². The maximum atomic E-state index is 7.58. The molecule has 9 heteroatoms. The van der Waals surface area contributed by atoms with E-state index >= 15 is 0 Å². The number of anilines is 2. The molecule has 2 aromatic heterocycles. The van der Waals surface area contributed by atoms with E-state index in [0.717, 1.165) is 23.4 Å². The Balaban J connectivity index is 0.00000261. The molecular weight excluding hydrogens is 575 g/mol. The third-order valence-electron chi connectivity index (χ3n) is 3.46. The summed E-state index contributed by atoms with van der Waals surface area (Å²) >= 11 is 1.43. The first-order valence-electron chi connectivity index (χ1n) is 8.43. The Bertz CT molecular complexity index is 855. The molecule has 139 valence electrons. The molecule has 27 heavy (non-hydrogen) atoms. The van der Waals surface area contributed by atoms with Gasteiger partial charge in [0.1, 0.15) is 5.82 Å². The Morgan fingerprint density at radius 3 is 2.59 bits per heavy atom. The number of hydrogen-bond acceptors (Lipinski definition) is 6. The molecule has 0 amide bonds. The van der Waals surface area contributed by atoms with Gasteiger partial charge in [-0.25, -0.2) is 4.98 Å². The van der Waals surface area contributed by atoms with Gasteiger partial charge in [-0.1, -0.05) is 25.5 Å². The summed E-state index contributed by atoms with van der Waals surface area (Å²) in [6.45, 7) is 4.67. The van der Waals surface area contributed by atoms with Crippen LogP contribution in [0.25, 0.3) is 5.73 Å². The van der Waals surface area contributed by atoms with E-state index in [1.54, 1.807) is 18.2 Å². The predicted octanol–water partition coefficient (Wildman–Crippen LogP) is 5.27. The second kappa shape index (κ2) is 10.9. The smallest absolute Gasteiger partial charge is 0.219 e. The van der Waals surface area contributed by atoms with Gasteiger partial charge in [0.05, 0.1) is 6.61 Å². The van der Waals surface area contributed by atoms with E-state index in [1.165, 1.54) is 11.8 Å². The van der Waals surface area contributed by atoms with Crippen LogP contribution in [0.4, 0.5) is 17.3 Å². The van der Waals surface area contributed by atoms with Crippen molar-refractivity contribution in [2.45, 2.75) is 36.7 Å². The molecule has 0 unspecified atom stereocenters. The summed E-state index contributed by atoms with van der Waals surface area (Å²) < 4.78 is 5.76. The Kier molecular flexibility index (Phi) is 8.87. The van der Waals surface area contributed by atoms with Gasteiger partial charge < -0.3 is 15.8 Å². The zero-order chi connectivity index (χ0) is 18.4. The van der Waals surface area contributed by atoms with Gasteiger partial charge in [-0.3, -0.25) is 5.10 Å². The average Bonchev–Trinajstić information content (AvgIpc) is 3.02. The topological polar surface area (TPSA) is 99.5 Å². The maximum Gasteiger partial charge on any atom is 0.219 e. The van der Waals surface area contributed by atoms with Gasteiger partial charge >= 0.3 is 0 Å². The van der Waals surface area contributed by atoms with Crippen molar-refractivity contribution in [2.24, 2.45) is 0 Å². The van der Waals surface area contributed by atoms with Crippen molar-refractivity contribution >= 4 is 29.1 Å². The van der Waals surface area contributed by atoms with Gasteiger partial charge in [0.2, 0.25) is 5.88 Å². The molecule has 0 saturated heterocycles. The van der Waals surface area contributed by atoms with Crippen molar-refractivity contribution in [3.8, 4) is 5.88 Å². The molecule has 3 N–H and O–H groups in total. The summed E-state index contributed by atoms with van der Waals surface area (Å²) in [5, 5.41) is 10.8. The predicted molar refractivity (Wildman–Crippen MR) is 104 cm³/mol. The minimum absolute atomic E-state index is 0. The molecule has 3 aromatic rings. The Labute approximate surface area is 198 Å². The molecule has 1 radical (unpaired) electrons. The summed E-state index contributed by atoms with van der Waals surface area (Å²) in [7, 11) is 0.